The summed E-state index contributed by atoms with van der Waals surface area (Å²) in [5.41, 5.74) is 1.96. The van der Waals surface area contributed by atoms with Gasteiger partial charge in [0.25, 0.3) is 0 Å². The first-order chi connectivity index (χ1) is 9.68. The van der Waals surface area contributed by atoms with Crippen molar-refractivity contribution >= 4 is 11.6 Å². The van der Waals surface area contributed by atoms with Crippen molar-refractivity contribution < 1.29 is 9.59 Å². The van der Waals surface area contributed by atoms with Crippen LogP contribution in [0.5, 0.6) is 0 Å². The van der Waals surface area contributed by atoms with Crippen LogP contribution in [0.15, 0.2) is 60.7 Å². The Balaban J connectivity index is 2.30. The predicted molar refractivity (Wildman–Crippen MR) is 79.6 cm³/mol. The molecule has 102 valence electrons. The van der Waals surface area contributed by atoms with Gasteiger partial charge in [-0.25, -0.2) is 0 Å². The van der Waals surface area contributed by atoms with E-state index in [0.717, 1.165) is 11.1 Å². The molecule has 0 N–H and O–H groups in total. The van der Waals surface area contributed by atoms with Crippen LogP contribution in [0.3, 0.4) is 0 Å². The standard InChI is InChI=1S/C18H18O2/c1-14(19)12-13-17(20)18(15-8-4-2-5-9-15)16-10-6-3-7-11-16/h2-11,18H,12-13H2,1H3. The molecule has 0 radical (unpaired) electrons. The van der Waals surface area contributed by atoms with Crippen LogP contribution in [-0.4, -0.2) is 11.6 Å². The summed E-state index contributed by atoms with van der Waals surface area (Å²) in [6.45, 7) is 1.52. The van der Waals surface area contributed by atoms with Crippen LogP contribution < -0.4 is 0 Å². The van der Waals surface area contributed by atoms with Gasteiger partial charge in [0, 0.05) is 12.8 Å². The highest BCUT2D eigenvalue weighted by molar-refractivity contribution is 5.91. The smallest absolute Gasteiger partial charge is 0.145 e. The molecule has 0 fully saturated rings. The normalized spacial score (nSPS) is 10.5. The number of benzene rings is 2. The van der Waals surface area contributed by atoms with Crippen LogP contribution in [-0.2, 0) is 9.59 Å². The Bertz CT molecular complexity index is 533. The Labute approximate surface area is 119 Å². The molecule has 0 saturated carbocycles. The van der Waals surface area contributed by atoms with E-state index in [1.165, 1.54) is 6.92 Å². The van der Waals surface area contributed by atoms with E-state index in [9.17, 15) is 9.59 Å². The van der Waals surface area contributed by atoms with Gasteiger partial charge < -0.3 is 4.79 Å². The SMILES string of the molecule is CC(=O)CCC(=O)C(c1ccccc1)c1ccccc1. The summed E-state index contributed by atoms with van der Waals surface area (Å²) in [4.78, 5) is 23.6. The summed E-state index contributed by atoms with van der Waals surface area (Å²) in [6.07, 6.45) is 0.610. The number of ketones is 2. The maximum absolute atomic E-state index is 12.5. The van der Waals surface area contributed by atoms with Gasteiger partial charge in [-0.05, 0) is 18.1 Å². The first-order valence-corrected chi connectivity index (χ1v) is 6.80. The molecule has 0 bridgehead atoms. The van der Waals surface area contributed by atoms with E-state index in [0.29, 0.717) is 12.8 Å². The van der Waals surface area contributed by atoms with E-state index in [4.69, 9.17) is 0 Å². The first-order valence-electron chi connectivity index (χ1n) is 6.80. The average molecular weight is 266 g/mol. The molecule has 0 saturated heterocycles. The van der Waals surface area contributed by atoms with Gasteiger partial charge in [-0.2, -0.15) is 0 Å². The molecule has 0 aliphatic heterocycles. The number of hydrogen-bond acceptors (Lipinski definition) is 2. The molecular weight excluding hydrogens is 248 g/mol. The van der Waals surface area contributed by atoms with Crippen molar-refractivity contribution in [1.29, 1.82) is 0 Å². The predicted octanol–water partition coefficient (Wildman–Crippen LogP) is 3.76. The maximum Gasteiger partial charge on any atom is 0.145 e. The lowest BCUT2D eigenvalue weighted by Crippen LogP contribution is -2.15. The fourth-order valence-corrected chi connectivity index (χ4v) is 2.30. The lowest BCUT2D eigenvalue weighted by Gasteiger charge is -2.16. The molecule has 0 aliphatic rings. The van der Waals surface area contributed by atoms with E-state index >= 15 is 0 Å². The lowest BCUT2D eigenvalue weighted by atomic mass is 9.86. The second-order valence-electron chi connectivity index (χ2n) is 4.92. The summed E-state index contributed by atoms with van der Waals surface area (Å²) < 4.78 is 0. The van der Waals surface area contributed by atoms with E-state index in [1.807, 2.05) is 60.7 Å². The molecule has 2 heteroatoms. The van der Waals surface area contributed by atoms with Crippen molar-refractivity contribution in [3.8, 4) is 0 Å². The number of Topliss-reactive ketones (excluding diaryl/α,β-unsaturated/α-hetero) is 2. The highest BCUT2D eigenvalue weighted by Gasteiger charge is 2.22. The molecular formula is C18H18O2. The van der Waals surface area contributed by atoms with E-state index < -0.39 is 0 Å². The quantitative estimate of drug-likeness (QED) is 0.797. The maximum atomic E-state index is 12.5. The summed E-state index contributed by atoms with van der Waals surface area (Å²) in [5.74, 6) is -0.132. The van der Waals surface area contributed by atoms with Gasteiger partial charge >= 0.3 is 0 Å². The minimum absolute atomic E-state index is 0.0539. The molecule has 20 heavy (non-hydrogen) atoms. The largest absolute Gasteiger partial charge is 0.300 e. The van der Waals surface area contributed by atoms with E-state index in [1.54, 1.807) is 0 Å². The van der Waals surface area contributed by atoms with Gasteiger partial charge in [0.15, 0.2) is 0 Å². The van der Waals surface area contributed by atoms with Crippen molar-refractivity contribution in [1.82, 2.24) is 0 Å². The second kappa shape index (κ2) is 6.80. The van der Waals surface area contributed by atoms with Gasteiger partial charge in [0.1, 0.15) is 11.6 Å². The minimum Gasteiger partial charge on any atom is -0.300 e. The van der Waals surface area contributed by atoms with Crippen molar-refractivity contribution in [2.24, 2.45) is 0 Å². The summed E-state index contributed by atoms with van der Waals surface area (Å²) in [7, 11) is 0. The molecule has 0 heterocycles. The van der Waals surface area contributed by atoms with Gasteiger partial charge in [-0.3, -0.25) is 4.79 Å². The molecule has 0 amide bonds. The van der Waals surface area contributed by atoms with Crippen LogP contribution in [0.1, 0.15) is 36.8 Å². The van der Waals surface area contributed by atoms with Gasteiger partial charge in [-0.1, -0.05) is 60.7 Å². The Morgan fingerprint density at radius 1 is 0.800 bits per heavy atom. The van der Waals surface area contributed by atoms with Crippen LogP contribution in [0.25, 0.3) is 0 Å². The molecule has 0 aliphatic carbocycles. The molecule has 0 aromatic heterocycles. The van der Waals surface area contributed by atoms with E-state index in [2.05, 4.69) is 0 Å². The first kappa shape index (κ1) is 14.2. The number of rotatable bonds is 6. The fraction of sp³-hybridized carbons (Fsp3) is 0.222. The third kappa shape index (κ3) is 3.64. The molecule has 0 spiro atoms. The Kier molecular flexibility index (Phi) is 4.83. The molecule has 2 rings (SSSR count). The molecule has 2 nitrogen and oxygen atoms in total. The van der Waals surface area contributed by atoms with Crippen molar-refractivity contribution in [2.75, 3.05) is 0 Å². The Morgan fingerprint density at radius 2 is 1.25 bits per heavy atom. The van der Waals surface area contributed by atoms with Crippen molar-refractivity contribution in [3.05, 3.63) is 71.8 Å². The zero-order valence-electron chi connectivity index (χ0n) is 11.6. The minimum atomic E-state index is -0.281. The lowest BCUT2D eigenvalue weighted by molar-refractivity contribution is -0.123. The highest BCUT2D eigenvalue weighted by atomic mass is 16.1. The Morgan fingerprint density at radius 3 is 1.65 bits per heavy atom. The van der Waals surface area contributed by atoms with Crippen LogP contribution >= 0.6 is 0 Å². The third-order valence-corrected chi connectivity index (χ3v) is 3.31. The Hall–Kier alpha value is -2.22. The summed E-state index contributed by atoms with van der Waals surface area (Å²) in [6, 6.07) is 19.5. The van der Waals surface area contributed by atoms with Crippen LogP contribution in [0, 0.1) is 0 Å². The monoisotopic (exact) mass is 266 g/mol. The fourth-order valence-electron chi connectivity index (χ4n) is 2.30. The van der Waals surface area contributed by atoms with Crippen molar-refractivity contribution in [2.45, 2.75) is 25.7 Å². The topological polar surface area (TPSA) is 34.1 Å². The number of carbonyl (C=O) groups is 2. The average Bonchev–Trinajstić information content (AvgIpc) is 2.48. The molecule has 0 atom stereocenters. The van der Waals surface area contributed by atoms with Crippen LogP contribution in [0.2, 0.25) is 0 Å². The molecule has 2 aromatic rings. The second-order valence-corrected chi connectivity index (χ2v) is 4.92. The number of carbonyl (C=O) groups excluding carboxylic acids is 2. The summed E-state index contributed by atoms with van der Waals surface area (Å²) in [5, 5.41) is 0. The molecule has 2 aromatic carbocycles. The highest BCUT2D eigenvalue weighted by Crippen LogP contribution is 2.27. The number of hydrogen-bond donors (Lipinski definition) is 0. The summed E-state index contributed by atoms with van der Waals surface area (Å²) >= 11 is 0. The molecule has 0 unspecified atom stereocenters. The van der Waals surface area contributed by atoms with Crippen LogP contribution in [0.4, 0.5) is 0 Å². The zero-order valence-corrected chi connectivity index (χ0v) is 11.6. The van der Waals surface area contributed by atoms with E-state index in [-0.39, 0.29) is 17.5 Å². The third-order valence-electron chi connectivity index (χ3n) is 3.31. The van der Waals surface area contributed by atoms with Gasteiger partial charge in [0.05, 0.1) is 5.92 Å². The van der Waals surface area contributed by atoms with Gasteiger partial charge in [0.2, 0.25) is 0 Å². The van der Waals surface area contributed by atoms with Gasteiger partial charge in [-0.15, -0.1) is 0 Å². The van der Waals surface area contributed by atoms with Crippen molar-refractivity contribution in [3.63, 3.8) is 0 Å². The zero-order chi connectivity index (χ0) is 14.4.